The third-order valence-corrected chi connectivity index (χ3v) is 2.91. The van der Waals surface area contributed by atoms with Gasteiger partial charge in [0.15, 0.2) is 0 Å². The fraction of sp³-hybridized carbons (Fsp3) is 0.250. The maximum Gasteiger partial charge on any atom is 0.417 e. The van der Waals surface area contributed by atoms with Crippen LogP contribution in [0.5, 0.6) is 0 Å². The number of ether oxygens (including phenoxy) is 1. The van der Waals surface area contributed by atoms with Crippen LogP contribution in [0, 0.1) is 0 Å². The summed E-state index contributed by atoms with van der Waals surface area (Å²) >= 11 is 5.50. The Bertz CT molecular complexity index is 629. The summed E-state index contributed by atoms with van der Waals surface area (Å²) in [6.45, 7) is -0.0210. The molecule has 1 aliphatic rings. The van der Waals surface area contributed by atoms with Gasteiger partial charge < -0.3 is 4.74 Å². The van der Waals surface area contributed by atoms with E-state index >= 15 is 0 Å². The van der Waals surface area contributed by atoms with Gasteiger partial charge in [0, 0.05) is 5.56 Å². The number of amides is 1. The summed E-state index contributed by atoms with van der Waals surface area (Å²) in [6.07, 6.45) is -4.62. The lowest BCUT2D eigenvalue weighted by molar-refractivity contribution is -0.138. The van der Waals surface area contributed by atoms with Crippen molar-refractivity contribution in [3.8, 4) is 0 Å². The number of carbonyl (C=O) groups is 2. The molecule has 0 unspecified atom stereocenters. The predicted octanol–water partition coefficient (Wildman–Crippen LogP) is 2.39. The number of halogens is 4. The molecule has 0 spiro atoms. The highest BCUT2D eigenvalue weighted by atomic mass is 35.5. The Morgan fingerprint density at radius 1 is 1.38 bits per heavy atom. The molecular weight excluding hydrogens is 313 g/mol. The first-order valence-electron chi connectivity index (χ1n) is 5.65. The molecule has 0 atom stereocenters. The van der Waals surface area contributed by atoms with Gasteiger partial charge in [0.05, 0.1) is 22.7 Å². The van der Waals surface area contributed by atoms with Crippen LogP contribution in [0.3, 0.4) is 0 Å². The van der Waals surface area contributed by atoms with Gasteiger partial charge in [0.2, 0.25) is 0 Å². The zero-order valence-electron chi connectivity index (χ0n) is 10.3. The van der Waals surface area contributed by atoms with Crippen LogP contribution < -0.4 is 5.43 Å². The van der Waals surface area contributed by atoms with Gasteiger partial charge in [-0.05, 0) is 18.2 Å². The van der Waals surface area contributed by atoms with Crippen molar-refractivity contribution in [1.82, 2.24) is 5.43 Å². The minimum atomic E-state index is -4.59. The monoisotopic (exact) mass is 320 g/mol. The Balaban J connectivity index is 2.10. The molecule has 0 bridgehead atoms. The largest absolute Gasteiger partial charge is 0.459 e. The van der Waals surface area contributed by atoms with E-state index < -0.39 is 28.6 Å². The van der Waals surface area contributed by atoms with Crippen LogP contribution in [0.15, 0.2) is 23.3 Å². The Kier molecular flexibility index (Phi) is 4.17. The number of nitrogens with zero attached hydrogens (tertiary/aromatic N) is 1. The van der Waals surface area contributed by atoms with Crippen LogP contribution in [0.2, 0.25) is 5.02 Å². The molecule has 1 saturated heterocycles. The lowest BCUT2D eigenvalue weighted by atomic mass is 10.1. The number of alkyl halides is 3. The number of hydrazone groups is 1. The quantitative estimate of drug-likeness (QED) is 0.672. The number of cyclic esters (lactones) is 1. The number of rotatable bonds is 2. The zero-order chi connectivity index (χ0) is 15.6. The van der Waals surface area contributed by atoms with Crippen molar-refractivity contribution in [2.45, 2.75) is 12.6 Å². The van der Waals surface area contributed by atoms with Gasteiger partial charge >= 0.3 is 12.1 Å². The molecule has 1 aromatic rings. The number of hydrogen-bond acceptors (Lipinski definition) is 4. The lowest BCUT2D eigenvalue weighted by Gasteiger charge is -2.09. The molecule has 9 heteroatoms. The van der Waals surface area contributed by atoms with Crippen molar-refractivity contribution >= 4 is 29.2 Å². The Morgan fingerprint density at radius 3 is 2.62 bits per heavy atom. The summed E-state index contributed by atoms with van der Waals surface area (Å²) in [5.41, 5.74) is 1.34. The first kappa shape index (κ1) is 15.3. The Labute approximate surface area is 121 Å². The van der Waals surface area contributed by atoms with Crippen molar-refractivity contribution in [2.24, 2.45) is 5.10 Å². The molecular formula is C12H8ClF3N2O3. The maximum atomic E-state index is 12.5. The fourth-order valence-electron chi connectivity index (χ4n) is 1.58. The van der Waals surface area contributed by atoms with Gasteiger partial charge in [-0.25, -0.2) is 5.43 Å². The normalized spacial score (nSPS) is 17.0. The van der Waals surface area contributed by atoms with Gasteiger partial charge in [0.1, 0.15) is 6.61 Å². The first-order chi connectivity index (χ1) is 9.77. The van der Waals surface area contributed by atoms with Gasteiger partial charge in [0.25, 0.3) is 5.91 Å². The van der Waals surface area contributed by atoms with E-state index in [1.807, 2.05) is 0 Å². The number of esters is 1. The summed E-state index contributed by atoms with van der Waals surface area (Å²) in [6, 6.07) is 2.60. The predicted molar refractivity (Wildman–Crippen MR) is 66.9 cm³/mol. The number of benzene rings is 1. The highest BCUT2D eigenvalue weighted by molar-refractivity contribution is 6.31. The second-order valence-electron chi connectivity index (χ2n) is 4.15. The summed E-state index contributed by atoms with van der Waals surface area (Å²) in [5.74, 6) is -1.20. The third-order valence-electron chi connectivity index (χ3n) is 2.60. The maximum absolute atomic E-state index is 12.5. The van der Waals surface area contributed by atoms with Crippen LogP contribution in [-0.4, -0.2) is 24.2 Å². The molecule has 0 aliphatic carbocycles. The van der Waals surface area contributed by atoms with Crippen LogP contribution in [-0.2, 0) is 15.7 Å². The molecule has 0 radical (unpaired) electrons. The van der Waals surface area contributed by atoms with E-state index in [1.165, 1.54) is 0 Å². The zero-order valence-corrected chi connectivity index (χ0v) is 11.1. The number of nitrogens with one attached hydrogen (secondary N) is 1. The standard InChI is InChI=1S/C12H8ClF3N2O3/c13-9-3-6(1-2-8(9)12(14,15)16)11(20)18-17-7-4-10(19)21-5-7/h1-3H,4-5H2,(H,18,20). The Hall–Kier alpha value is -2.09. The molecule has 21 heavy (non-hydrogen) atoms. The summed E-state index contributed by atoms with van der Waals surface area (Å²) in [5, 5.41) is 3.08. The lowest BCUT2D eigenvalue weighted by Crippen LogP contribution is -2.20. The van der Waals surface area contributed by atoms with Crippen molar-refractivity contribution in [3.05, 3.63) is 34.3 Å². The van der Waals surface area contributed by atoms with Gasteiger partial charge in [-0.15, -0.1) is 0 Å². The SMILES string of the molecule is O=C1CC(=NNC(=O)c2ccc(C(F)(F)F)c(Cl)c2)CO1. The van der Waals surface area contributed by atoms with E-state index in [1.54, 1.807) is 0 Å². The summed E-state index contributed by atoms with van der Waals surface area (Å²) < 4.78 is 42.2. The van der Waals surface area contributed by atoms with E-state index in [-0.39, 0.29) is 18.6 Å². The molecule has 1 aliphatic heterocycles. The molecule has 1 amide bonds. The van der Waals surface area contributed by atoms with E-state index in [9.17, 15) is 22.8 Å². The van der Waals surface area contributed by atoms with E-state index in [4.69, 9.17) is 11.6 Å². The second-order valence-corrected chi connectivity index (χ2v) is 4.56. The number of carbonyl (C=O) groups excluding carboxylic acids is 2. The van der Waals surface area contributed by atoms with Crippen LogP contribution in [0.25, 0.3) is 0 Å². The number of hydrogen-bond donors (Lipinski definition) is 1. The van der Waals surface area contributed by atoms with Crippen molar-refractivity contribution < 1.29 is 27.5 Å². The van der Waals surface area contributed by atoms with Gasteiger partial charge in [-0.2, -0.15) is 18.3 Å². The van der Waals surface area contributed by atoms with Gasteiger partial charge in [-0.1, -0.05) is 11.6 Å². The third kappa shape index (κ3) is 3.72. The van der Waals surface area contributed by atoms with Crippen LogP contribution >= 0.6 is 11.6 Å². The molecule has 1 fully saturated rings. The minimum Gasteiger partial charge on any atom is -0.459 e. The van der Waals surface area contributed by atoms with E-state index in [0.29, 0.717) is 11.8 Å². The highest BCUT2D eigenvalue weighted by Crippen LogP contribution is 2.34. The first-order valence-corrected chi connectivity index (χ1v) is 6.03. The highest BCUT2D eigenvalue weighted by Gasteiger charge is 2.33. The summed E-state index contributed by atoms with van der Waals surface area (Å²) in [4.78, 5) is 22.5. The topological polar surface area (TPSA) is 67.8 Å². The molecule has 112 valence electrons. The molecule has 5 nitrogen and oxygen atoms in total. The Morgan fingerprint density at radius 2 is 2.10 bits per heavy atom. The summed E-state index contributed by atoms with van der Waals surface area (Å²) in [7, 11) is 0. The average Bonchev–Trinajstić information content (AvgIpc) is 2.80. The minimum absolute atomic E-state index is 0.0210. The van der Waals surface area contributed by atoms with E-state index in [2.05, 4.69) is 15.3 Å². The molecule has 1 aromatic carbocycles. The van der Waals surface area contributed by atoms with Crippen molar-refractivity contribution in [2.75, 3.05) is 6.61 Å². The smallest absolute Gasteiger partial charge is 0.417 e. The molecule has 1 heterocycles. The van der Waals surface area contributed by atoms with Crippen LogP contribution in [0.4, 0.5) is 13.2 Å². The molecule has 0 aromatic heterocycles. The second kappa shape index (κ2) is 5.72. The molecule has 1 N–H and O–H groups in total. The van der Waals surface area contributed by atoms with Crippen LogP contribution in [0.1, 0.15) is 22.3 Å². The average molecular weight is 321 g/mol. The van der Waals surface area contributed by atoms with E-state index in [0.717, 1.165) is 12.1 Å². The molecule has 0 saturated carbocycles. The fourth-order valence-corrected chi connectivity index (χ4v) is 1.87. The molecule has 2 rings (SSSR count). The van der Waals surface area contributed by atoms with Crippen molar-refractivity contribution in [1.29, 1.82) is 0 Å². The van der Waals surface area contributed by atoms with Gasteiger partial charge in [-0.3, -0.25) is 9.59 Å². The van der Waals surface area contributed by atoms with Crippen molar-refractivity contribution in [3.63, 3.8) is 0 Å².